The molecule has 0 aliphatic heterocycles. The number of carbonyl (C=O) groups is 2. The van der Waals surface area contributed by atoms with Crippen molar-refractivity contribution in [3.05, 3.63) is 39.0 Å². The molecular weight excluding hydrogens is 263 g/mol. The van der Waals surface area contributed by atoms with E-state index in [-0.39, 0.29) is 22.9 Å². The highest BCUT2D eigenvalue weighted by Gasteiger charge is 2.31. The van der Waals surface area contributed by atoms with Gasteiger partial charge in [0.1, 0.15) is 5.82 Å². The molecule has 1 amide bonds. The minimum Gasteiger partial charge on any atom is -0.346 e. The van der Waals surface area contributed by atoms with Crippen LogP contribution in [0.1, 0.15) is 34.8 Å². The second-order valence-electron chi connectivity index (χ2n) is 4.70. The number of carbonyl (C=O) groups excluding carboxylic acids is 2. The fraction of sp³-hybridized carbons (Fsp3) is 0.385. The van der Waals surface area contributed by atoms with Gasteiger partial charge in [-0.3, -0.25) is 9.59 Å². The summed E-state index contributed by atoms with van der Waals surface area (Å²) in [4.78, 5) is 26.1. The zero-order chi connectivity index (χ0) is 14.9. The van der Waals surface area contributed by atoms with Gasteiger partial charge in [-0.15, -0.1) is 0 Å². The van der Waals surface area contributed by atoms with Gasteiger partial charge >= 0.3 is 0 Å². The third-order valence-corrected chi connectivity index (χ3v) is 3.41. The summed E-state index contributed by atoms with van der Waals surface area (Å²) in [6.45, 7) is 2.91. The van der Waals surface area contributed by atoms with Crippen LogP contribution >= 0.6 is 0 Å². The maximum atomic E-state index is 13.8. The van der Waals surface area contributed by atoms with Gasteiger partial charge in [-0.25, -0.2) is 4.39 Å². The van der Waals surface area contributed by atoms with Crippen molar-refractivity contribution in [2.24, 2.45) is 5.11 Å². The molecule has 104 valence electrons. The summed E-state index contributed by atoms with van der Waals surface area (Å²) in [7, 11) is 0. The van der Waals surface area contributed by atoms with E-state index >= 15 is 0 Å². The average molecular weight is 276 g/mol. The number of azide groups is 1. The van der Waals surface area contributed by atoms with Gasteiger partial charge in [-0.2, -0.15) is 0 Å². The Morgan fingerprint density at radius 2 is 2.30 bits per heavy atom. The zero-order valence-corrected chi connectivity index (χ0v) is 11.1. The number of hydrogen-bond acceptors (Lipinski definition) is 3. The standard InChI is InChI=1S/C13H13FN4O2/c1-6-8-3-4-10(16-7(2)19)13(20)12(8)11(17-18-15)5-9(6)14/h5,10H,3-4H2,1-2H3,(H,16,19). The number of ketones is 1. The van der Waals surface area contributed by atoms with Crippen LogP contribution in [0.25, 0.3) is 10.4 Å². The smallest absolute Gasteiger partial charge is 0.217 e. The van der Waals surface area contributed by atoms with Crippen LogP contribution in [0.3, 0.4) is 0 Å². The molecule has 0 fully saturated rings. The summed E-state index contributed by atoms with van der Waals surface area (Å²) in [6.07, 6.45) is 0.856. The number of nitrogens with one attached hydrogen (secondary N) is 1. The van der Waals surface area contributed by atoms with Crippen molar-refractivity contribution in [1.82, 2.24) is 5.32 Å². The van der Waals surface area contributed by atoms with Crippen molar-refractivity contribution in [2.75, 3.05) is 0 Å². The Morgan fingerprint density at radius 3 is 2.90 bits per heavy atom. The van der Waals surface area contributed by atoms with Crippen molar-refractivity contribution in [1.29, 1.82) is 0 Å². The zero-order valence-electron chi connectivity index (χ0n) is 11.1. The molecular formula is C13H13FN4O2. The first-order valence-electron chi connectivity index (χ1n) is 6.14. The molecule has 1 unspecified atom stereocenters. The predicted molar refractivity (Wildman–Crippen MR) is 70.2 cm³/mol. The van der Waals surface area contributed by atoms with Gasteiger partial charge in [0.25, 0.3) is 0 Å². The quantitative estimate of drug-likeness (QED) is 0.510. The average Bonchev–Trinajstić information content (AvgIpc) is 2.38. The second-order valence-corrected chi connectivity index (χ2v) is 4.70. The molecule has 6 nitrogen and oxygen atoms in total. The van der Waals surface area contributed by atoms with Crippen molar-refractivity contribution < 1.29 is 14.0 Å². The van der Waals surface area contributed by atoms with Crippen LogP contribution in [0.5, 0.6) is 0 Å². The van der Waals surface area contributed by atoms with Gasteiger partial charge in [0, 0.05) is 17.4 Å². The molecule has 0 saturated heterocycles. The summed E-state index contributed by atoms with van der Waals surface area (Å²) >= 11 is 0. The number of rotatable bonds is 2. The minimum absolute atomic E-state index is 0.0225. The molecule has 0 bridgehead atoms. The third-order valence-electron chi connectivity index (χ3n) is 3.41. The fourth-order valence-electron chi connectivity index (χ4n) is 2.48. The van der Waals surface area contributed by atoms with Crippen LogP contribution in [-0.2, 0) is 11.2 Å². The molecule has 1 aliphatic rings. The number of benzene rings is 1. The molecule has 2 rings (SSSR count). The number of Topliss-reactive ketones (excluding diaryl/α,β-unsaturated/α-hetero) is 1. The van der Waals surface area contributed by atoms with E-state index in [0.29, 0.717) is 24.0 Å². The van der Waals surface area contributed by atoms with Crippen molar-refractivity contribution in [3.8, 4) is 0 Å². The fourth-order valence-corrected chi connectivity index (χ4v) is 2.48. The van der Waals surface area contributed by atoms with E-state index in [2.05, 4.69) is 15.3 Å². The lowest BCUT2D eigenvalue weighted by atomic mass is 9.83. The first-order valence-corrected chi connectivity index (χ1v) is 6.14. The maximum Gasteiger partial charge on any atom is 0.217 e. The van der Waals surface area contributed by atoms with E-state index in [1.807, 2.05) is 0 Å². The lowest BCUT2D eigenvalue weighted by Gasteiger charge is -2.26. The number of nitrogens with zero attached hydrogens (tertiary/aromatic N) is 3. The van der Waals surface area contributed by atoms with E-state index in [9.17, 15) is 14.0 Å². The summed E-state index contributed by atoms with van der Waals surface area (Å²) in [6, 6.07) is 0.402. The highest BCUT2D eigenvalue weighted by atomic mass is 19.1. The van der Waals surface area contributed by atoms with E-state index < -0.39 is 11.9 Å². The molecule has 0 radical (unpaired) electrons. The molecule has 0 heterocycles. The molecule has 0 aromatic heterocycles. The summed E-state index contributed by atoms with van der Waals surface area (Å²) < 4.78 is 13.8. The molecule has 0 saturated carbocycles. The van der Waals surface area contributed by atoms with Crippen molar-refractivity contribution in [3.63, 3.8) is 0 Å². The summed E-state index contributed by atoms with van der Waals surface area (Å²) in [5.41, 5.74) is 9.66. The first-order chi connectivity index (χ1) is 9.45. The molecule has 7 heteroatoms. The SMILES string of the molecule is CC(=O)NC1CCc2c(C)c(F)cc(N=[N+]=[N-])c2C1=O. The Bertz CT molecular complexity index is 650. The Labute approximate surface area is 114 Å². The van der Waals surface area contributed by atoms with Gasteiger partial charge in [0.15, 0.2) is 5.78 Å². The molecule has 20 heavy (non-hydrogen) atoms. The van der Waals surface area contributed by atoms with E-state index in [0.717, 1.165) is 6.07 Å². The van der Waals surface area contributed by atoms with Crippen LogP contribution in [0.15, 0.2) is 11.2 Å². The molecule has 1 N–H and O–H groups in total. The van der Waals surface area contributed by atoms with Crippen LogP contribution in [0.4, 0.5) is 10.1 Å². The Hall–Kier alpha value is -2.40. The second kappa shape index (κ2) is 5.30. The molecule has 1 atom stereocenters. The van der Waals surface area contributed by atoms with E-state index in [1.54, 1.807) is 6.92 Å². The molecule has 1 aliphatic carbocycles. The number of amides is 1. The number of hydrogen-bond donors (Lipinski definition) is 1. The minimum atomic E-state index is -0.655. The lowest BCUT2D eigenvalue weighted by molar-refractivity contribution is -0.119. The van der Waals surface area contributed by atoms with Gasteiger partial charge in [-0.1, -0.05) is 5.11 Å². The van der Waals surface area contributed by atoms with Crippen molar-refractivity contribution >= 4 is 17.4 Å². The summed E-state index contributed by atoms with van der Waals surface area (Å²) in [5.74, 6) is -1.15. The number of halogens is 1. The van der Waals surface area contributed by atoms with Crippen LogP contribution in [-0.4, -0.2) is 17.7 Å². The van der Waals surface area contributed by atoms with Crippen LogP contribution in [0.2, 0.25) is 0 Å². The topological polar surface area (TPSA) is 94.9 Å². The lowest BCUT2D eigenvalue weighted by Crippen LogP contribution is -2.42. The first kappa shape index (κ1) is 14.0. The molecule has 0 spiro atoms. The van der Waals surface area contributed by atoms with Crippen molar-refractivity contribution in [2.45, 2.75) is 32.7 Å². The molecule has 1 aromatic rings. The van der Waals surface area contributed by atoms with Gasteiger partial charge < -0.3 is 5.32 Å². The third kappa shape index (κ3) is 2.35. The van der Waals surface area contributed by atoms with E-state index in [4.69, 9.17) is 5.53 Å². The Balaban J connectivity index is 2.58. The summed E-state index contributed by atoms with van der Waals surface area (Å²) in [5, 5.41) is 5.95. The molecule has 1 aromatic carbocycles. The Kier molecular flexibility index (Phi) is 3.72. The van der Waals surface area contributed by atoms with Crippen LogP contribution < -0.4 is 5.32 Å². The maximum absolute atomic E-state index is 13.8. The Morgan fingerprint density at radius 1 is 1.60 bits per heavy atom. The van der Waals surface area contributed by atoms with E-state index in [1.165, 1.54) is 6.92 Å². The largest absolute Gasteiger partial charge is 0.346 e. The number of fused-ring (bicyclic) bond motifs is 1. The monoisotopic (exact) mass is 276 g/mol. The van der Waals surface area contributed by atoms with Gasteiger partial charge in [0.2, 0.25) is 5.91 Å². The highest BCUT2D eigenvalue weighted by Crippen LogP contribution is 2.34. The van der Waals surface area contributed by atoms with Gasteiger partial charge in [-0.05, 0) is 42.5 Å². The highest BCUT2D eigenvalue weighted by molar-refractivity contribution is 6.07. The van der Waals surface area contributed by atoms with Gasteiger partial charge in [0.05, 0.1) is 11.7 Å². The normalized spacial score (nSPS) is 17.1. The predicted octanol–water partition coefficient (Wildman–Crippen LogP) is 2.71. The van der Waals surface area contributed by atoms with Crippen LogP contribution in [0, 0.1) is 12.7 Å².